The van der Waals surface area contributed by atoms with Gasteiger partial charge in [0, 0.05) is 22.9 Å². The molecule has 0 fully saturated rings. The van der Waals surface area contributed by atoms with Crippen LogP contribution in [-0.2, 0) is 16.1 Å². The quantitative estimate of drug-likeness (QED) is 0.101. The lowest BCUT2D eigenvalue weighted by Gasteiger charge is -2.37. The highest BCUT2D eigenvalue weighted by molar-refractivity contribution is 6.74. The molecule has 0 N–H and O–H groups in total. The molecule has 256 valence electrons. The van der Waals surface area contributed by atoms with Gasteiger partial charge < -0.3 is 36.9 Å². The third-order valence-corrected chi connectivity index (χ3v) is 12.3. The molecule has 0 bridgehead atoms. The molecule has 0 saturated carbocycles. The molecule has 0 amide bonds. The van der Waals surface area contributed by atoms with Crippen molar-refractivity contribution in [3.63, 3.8) is 0 Å². The summed E-state index contributed by atoms with van der Waals surface area (Å²) < 4.78 is 48.2. The van der Waals surface area contributed by atoms with Gasteiger partial charge >= 0.3 is 11.9 Å². The van der Waals surface area contributed by atoms with Gasteiger partial charge in [0.05, 0.1) is 25.4 Å². The Hall–Kier alpha value is -4.12. The molecule has 0 radical (unpaired) electrons. The summed E-state index contributed by atoms with van der Waals surface area (Å²) in [5, 5.41) is 0.967. The maximum Gasteiger partial charge on any atom is 0.342 e. The molecular formula is C36H48O10Si. The summed E-state index contributed by atoms with van der Waals surface area (Å²) in [5.41, 5.74) is 1.42. The predicted molar refractivity (Wildman–Crippen MR) is 183 cm³/mol. The number of aryl methyl sites for hydroxylation is 1. The van der Waals surface area contributed by atoms with E-state index < -0.39 is 20.3 Å². The molecular weight excluding hydrogens is 620 g/mol. The smallest absolute Gasteiger partial charge is 0.342 e. The Balaban J connectivity index is 1.85. The zero-order valence-electron chi connectivity index (χ0n) is 29.7. The van der Waals surface area contributed by atoms with Crippen LogP contribution in [-0.4, -0.2) is 45.7 Å². The summed E-state index contributed by atoms with van der Waals surface area (Å²) in [6, 6.07) is 6.92. The van der Waals surface area contributed by atoms with Gasteiger partial charge in [0.15, 0.2) is 23.0 Å². The molecule has 11 heteroatoms. The summed E-state index contributed by atoms with van der Waals surface area (Å²) in [7, 11) is -2.29. The number of benzene rings is 2. The topological polar surface area (TPSA) is 116 Å². The highest BCUT2D eigenvalue weighted by atomic mass is 28.4. The van der Waals surface area contributed by atoms with Crippen LogP contribution in [0.15, 0.2) is 33.1 Å². The average molecular weight is 669 g/mol. The van der Waals surface area contributed by atoms with Crippen LogP contribution in [0.5, 0.6) is 23.0 Å². The predicted octanol–water partition coefficient (Wildman–Crippen LogP) is 9.38. The lowest BCUT2D eigenvalue weighted by atomic mass is 10.1. The molecule has 10 nitrogen and oxygen atoms in total. The average Bonchev–Trinajstić information content (AvgIpc) is 3.46. The number of rotatable bonds is 13. The Morgan fingerprint density at radius 1 is 0.745 bits per heavy atom. The molecule has 0 aliphatic heterocycles. The Labute approximate surface area is 277 Å². The molecule has 2 aromatic carbocycles. The number of carbonyl (C=O) groups excluding carboxylic acids is 2. The van der Waals surface area contributed by atoms with Gasteiger partial charge in [-0.2, -0.15) is 0 Å². The fraction of sp³-hybridized carbons (Fsp3) is 0.500. The Morgan fingerprint density at radius 2 is 1.23 bits per heavy atom. The number of esters is 2. The van der Waals surface area contributed by atoms with Crippen LogP contribution >= 0.6 is 0 Å². The van der Waals surface area contributed by atoms with Crippen molar-refractivity contribution in [2.45, 2.75) is 106 Å². The van der Waals surface area contributed by atoms with Gasteiger partial charge in [-0.05, 0) is 78.7 Å². The minimum Gasteiger partial charge on any atom is -0.541 e. The van der Waals surface area contributed by atoms with E-state index in [4.69, 9.17) is 36.9 Å². The SMILES string of the molecule is CCOC(=O)c1c(C)oc2cc(OC(C)C)c(OCc3oc4cc(OC(C)C)c(O[Si](C)(C)C(C)(C)C)cc4c3C(=O)OCC)cc12. The van der Waals surface area contributed by atoms with Gasteiger partial charge in [-0.3, -0.25) is 0 Å². The van der Waals surface area contributed by atoms with Gasteiger partial charge in [-0.25, -0.2) is 9.59 Å². The fourth-order valence-corrected chi connectivity index (χ4v) is 5.84. The van der Waals surface area contributed by atoms with Gasteiger partial charge in [0.1, 0.15) is 40.4 Å². The van der Waals surface area contributed by atoms with Crippen LogP contribution in [0, 0.1) is 6.92 Å². The molecule has 0 atom stereocenters. The molecule has 0 aliphatic carbocycles. The zero-order chi connectivity index (χ0) is 34.8. The Morgan fingerprint density at radius 3 is 1.77 bits per heavy atom. The molecule has 2 aromatic heterocycles. The van der Waals surface area contributed by atoms with E-state index in [1.165, 1.54) is 0 Å². The zero-order valence-corrected chi connectivity index (χ0v) is 30.7. The van der Waals surface area contributed by atoms with Gasteiger partial charge in [-0.1, -0.05) is 20.8 Å². The van der Waals surface area contributed by atoms with Crippen LogP contribution in [0.25, 0.3) is 21.9 Å². The number of hydrogen-bond acceptors (Lipinski definition) is 10. The largest absolute Gasteiger partial charge is 0.541 e. The first-order valence-electron chi connectivity index (χ1n) is 16.1. The fourth-order valence-electron chi connectivity index (χ4n) is 4.82. The second kappa shape index (κ2) is 13.9. The molecule has 0 spiro atoms. The van der Waals surface area contributed by atoms with Gasteiger partial charge in [0.2, 0.25) is 0 Å². The van der Waals surface area contributed by atoms with Crippen molar-refractivity contribution in [1.29, 1.82) is 0 Å². The summed E-state index contributed by atoms with van der Waals surface area (Å²) in [6.45, 7) is 23.9. The summed E-state index contributed by atoms with van der Waals surface area (Å²) >= 11 is 0. The standard InChI is InChI=1S/C36H48O10Si/c1-13-39-34(37)32-22(7)44-25-17-28(42-20(3)4)27(15-23(25)32)41-19-31-33(35(38)40-14-2)24-16-30(46-47(11,12)36(8,9)10)29(43-21(5)6)18-26(24)45-31/h15-18,20-21H,13-14,19H2,1-12H3. The normalized spacial score (nSPS) is 12.2. The first kappa shape index (κ1) is 35.7. The Bertz CT molecular complexity index is 1750. The van der Waals surface area contributed by atoms with Crippen LogP contribution in [0.4, 0.5) is 0 Å². The molecule has 2 heterocycles. The molecule has 47 heavy (non-hydrogen) atoms. The Kier molecular flexibility index (Phi) is 10.6. The maximum absolute atomic E-state index is 13.5. The van der Waals surface area contributed by atoms with Crippen LogP contribution in [0.3, 0.4) is 0 Å². The lowest BCUT2D eigenvalue weighted by molar-refractivity contribution is 0.0514. The minimum atomic E-state index is -2.29. The number of furan rings is 2. The number of fused-ring (bicyclic) bond motifs is 2. The van der Waals surface area contributed by atoms with Crippen molar-refractivity contribution in [2.24, 2.45) is 0 Å². The third kappa shape index (κ3) is 7.72. The third-order valence-electron chi connectivity index (χ3n) is 7.97. The van der Waals surface area contributed by atoms with Crippen molar-refractivity contribution >= 4 is 42.2 Å². The second-order valence-electron chi connectivity index (χ2n) is 13.4. The van der Waals surface area contributed by atoms with Gasteiger partial charge in [-0.15, -0.1) is 0 Å². The molecule has 0 aliphatic rings. The number of ether oxygens (including phenoxy) is 5. The first-order chi connectivity index (χ1) is 22.0. The highest BCUT2D eigenvalue weighted by Crippen LogP contribution is 2.44. The van der Waals surface area contributed by atoms with Crippen molar-refractivity contribution in [3.8, 4) is 23.0 Å². The molecule has 4 rings (SSSR count). The van der Waals surface area contributed by atoms with Crippen molar-refractivity contribution < 1.29 is 46.5 Å². The minimum absolute atomic E-state index is 0.0754. The lowest BCUT2D eigenvalue weighted by Crippen LogP contribution is -2.44. The van der Waals surface area contributed by atoms with E-state index in [2.05, 4.69) is 33.9 Å². The van der Waals surface area contributed by atoms with Crippen molar-refractivity contribution in [3.05, 3.63) is 46.9 Å². The second-order valence-corrected chi connectivity index (χ2v) is 18.2. The van der Waals surface area contributed by atoms with Crippen LogP contribution in [0.2, 0.25) is 18.1 Å². The van der Waals surface area contributed by atoms with E-state index in [-0.39, 0.29) is 48.4 Å². The van der Waals surface area contributed by atoms with E-state index >= 15 is 0 Å². The van der Waals surface area contributed by atoms with Crippen LogP contribution in [0.1, 0.15) is 94.6 Å². The van der Waals surface area contributed by atoms with E-state index in [9.17, 15) is 9.59 Å². The first-order valence-corrected chi connectivity index (χ1v) is 19.0. The van der Waals surface area contributed by atoms with E-state index in [0.29, 0.717) is 56.3 Å². The van der Waals surface area contributed by atoms with Gasteiger partial charge in [0.25, 0.3) is 8.32 Å². The summed E-state index contributed by atoms with van der Waals surface area (Å²) in [5.74, 6) is 1.42. The summed E-state index contributed by atoms with van der Waals surface area (Å²) in [6.07, 6.45) is -0.313. The number of hydrogen-bond donors (Lipinski definition) is 0. The molecule has 4 aromatic rings. The van der Waals surface area contributed by atoms with E-state index in [1.807, 2.05) is 27.7 Å². The van der Waals surface area contributed by atoms with Crippen molar-refractivity contribution in [2.75, 3.05) is 13.2 Å². The molecule has 0 saturated heterocycles. The van der Waals surface area contributed by atoms with E-state index in [1.54, 1.807) is 45.0 Å². The molecule has 0 unspecified atom stereocenters. The maximum atomic E-state index is 13.5. The monoisotopic (exact) mass is 668 g/mol. The number of carbonyl (C=O) groups is 2. The highest BCUT2D eigenvalue weighted by Gasteiger charge is 2.40. The van der Waals surface area contributed by atoms with Crippen molar-refractivity contribution in [1.82, 2.24) is 0 Å². The van der Waals surface area contributed by atoms with Crippen LogP contribution < -0.4 is 18.6 Å². The van der Waals surface area contributed by atoms with E-state index in [0.717, 1.165) is 0 Å². The summed E-state index contributed by atoms with van der Waals surface area (Å²) in [4.78, 5) is 26.3.